The van der Waals surface area contributed by atoms with E-state index in [0.29, 0.717) is 31.6 Å². The fraction of sp³-hybridized carbons (Fsp3) is 0.953. The minimum atomic E-state index is -4.97. The lowest BCUT2D eigenvalue weighted by molar-refractivity contribution is -0.161. The number of esters is 4. The van der Waals surface area contributed by atoms with Crippen LogP contribution < -0.4 is 0 Å². The number of rotatable bonds is 85. The third-order valence-corrected chi connectivity index (χ3v) is 22.1. The Kier molecular flexibility index (Phi) is 76.0. The molecule has 0 aliphatic rings. The lowest BCUT2D eigenvalue weighted by atomic mass is 10.0. The van der Waals surface area contributed by atoms with Crippen molar-refractivity contribution in [2.75, 3.05) is 39.6 Å². The molecule has 0 aromatic heterocycles. The minimum Gasteiger partial charge on any atom is -0.462 e. The quantitative estimate of drug-likeness (QED) is 0.0222. The summed E-state index contributed by atoms with van der Waals surface area (Å²) in [6.07, 6.45) is 70.0. The van der Waals surface area contributed by atoms with Gasteiger partial charge in [-0.25, -0.2) is 9.13 Å². The van der Waals surface area contributed by atoms with Gasteiger partial charge >= 0.3 is 39.5 Å². The molecule has 19 heteroatoms. The summed E-state index contributed by atoms with van der Waals surface area (Å²) in [5.41, 5.74) is 0. The van der Waals surface area contributed by atoms with E-state index in [1.54, 1.807) is 0 Å². The van der Waals surface area contributed by atoms with E-state index < -0.39 is 97.5 Å². The molecule has 0 bridgehead atoms. The van der Waals surface area contributed by atoms with E-state index >= 15 is 0 Å². The molecule has 0 rings (SSSR count). The van der Waals surface area contributed by atoms with E-state index in [0.717, 1.165) is 102 Å². The Morgan fingerprint density at radius 1 is 0.257 bits per heavy atom. The number of aliphatic hydroxyl groups is 1. The van der Waals surface area contributed by atoms with Gasteiger partial charge in [-0.2, -0.15) is 0 Å². The first-order valence-electron chi connectivity index (χ1n) is 44.5. The fourth-order valence-electron chi connectivity index (χ4n) is 13.4. The van der Waals surface area contributed by atoms with Gasteiger partial charge in [0, 0.05) is 25.7 Å². The molecule has 0 aliphatic carbocycles. The molecule has 0 amide bonds. The maximum Gasteiger partial charge on any atom is 0.472 e. The molecule has 0 aromatic carbocycles. The zero-order valence-electron chi connectivity index (χ0n) is 69.0. The van der Waals surface area contributed by atoms with Crippen LogP contribution in [0.15, 0.2) is 0 Å². The molecule has 105 heavy (non-hydrogen) atoms. The Morgan fingerprint density at radius 2 is 0.438 bits per heavy atom. The van der Waals surface area contributed by atoms with E-state index in [4.69, 9.17) is 37.0 Å². The number of aliphatic hydroxyl groups excluding tert-OH is 1. The molecule has 17 nitrogen and oxygen atoms in total. The summed E-state index contributed by atoms with van der Waals surface area (Å²) in [4.78, 5) is 73.1. The third-order valence-electron chi connectivity index (χ3n) is 20.2. The highest BCUT2D eigenvalue weighted by atomic mass is 31.2. The molecule has 0 heterocycles. The van der Waals surface area contributed by atoms with Crippen molar-refractivity contribution in [2.24, 2.45) is 11.8 Å². The van der Waals surface area contributed by atoms with Crippen molar-refractivity contribution in [2.45, 2.75) is 477 Å². The van der Waals surface area contributed by atoms with Crippen LogP contribution in [0.1, 0.15) is 459 Å². The average molecular weight is 1540 g/mol. The van der Waals surface area contributed by atoms with Crippen molar-refractivity contribution in [1.29, 1.82) is 0 Å². The van der Waals surface area contributed by atoms with Crippen LogP contribution in [0.4, 0.5) is 0 Å². The lowest BCUT2D eigenvalue weighted by Crippen LogP contribution is -2.30. The van der Waals surface area contributed by atoms with E-state index in [9.17, 15) is 43.2 Å². The van der Waals surface area contributed by atoms with Gasteiger partial charge in [0.1, 0.15) is 19.3 Å². The molecule has 0 aromatic rings. The highest BCUT2D eigenvalue weighted by Crippen LogP contribution is 2.45. The maximum atomic E-state index is 13.1. The van der Waals surface area contributed by atoms with Crippen molar-refractivity contribution in [3.05, 3.63) is 0 Å². The third kappa shape index (κ3) is 79.9. The zero-order valence-corrected chi connectivity index (χ0v) is 70.8. The second kappa shape index (κ2) is 77.4. The van der Waals surface area contributed by atoms with Crippen LogP contribution in [0, 0.1) is 11.8 Å². The minimum absolute atomic E-state index is 0.104. The topological polar surface area (TPSA) is 237 Å². The van der Waals surface area contributed by atoms with Crippen LogP contribution in [0.3, 0.4) is 0 Å². The van der Waals surface area contributed by atoms with Gasteiger partial charge in [0.25, 0.3) is 0 Å². The highest BCUT2D eigenvalue weighted by Gasteiger charge is 2.30. The predicted octanol–water partition coefficient (Wildman–Crippen LogP) is 26.2. The molecule has 3 N–H and O–H groups in total. The summed E-state index contributed by atoms with van der Waals surface area (Å²) in [5.74, 6) is -0.686. The molecular weight excluding hydrogens is 1370 g/mol. The Morgan fingerprint density at radius 3 is 0.648 bits per heavy atom. The smallest absolute Gasteiger partial charge is 0.462 e. The standard InChI is InChI=1S/C86H168O17P2/c1-7-9-11-13-15-17-19-21-23-25-27-29-31-33-35-37-39-41-43-50-56-62-68-83(88)96-74-81(102-85(90)70-64-58-51-44-42-40-38-36-34-32-30-28-26-24-22-20-18-16-14-12-10-8-2)76-100-104(92,93)98-72-80(87)73-99-105(94,95)101-77-82(75-97-84(89)69-63-57-53-47-49-55-61-67-79(5)6)103-86(91)71-65-59-52-46-45-48-54-60-66-78(3)4/h78-82,87H,7-77H2,1-6H3,(H,92,93)(H,94,95)/t80-,81-,82-/m1/s1. The van der Waals surface area contributed by atoms with Gasteiger partial charge in [0.15, 0.2) is 12.2 Å². The fourth-order valence-corrected chi connectivity index (χ4v) is 15.0. The number of phosphoric acid groups is 2. The molecular formula is C86H168O17P2. The van der Waals surface area contributed by atoms with Gasteiger partial charge in [-0.15, -0.1) is 0 Å². The first-order valence-corrected chi connectivity index (χ1v) is 47.5. The molecule has 0 saturated carbocycles. The van der Waals surface area contributed by atoms with Crippen molar-refractivity contribution in [1.82, 2.24) is 0 Å². The molecule has 2 unspecified atom stereocenters. The molecule has 0 fully saturated rings. The summed E-state index contributed by atoms with van der Waals surface area (Å²) < 4.78 is 68.8. The van der Waals surface area contributed by atoms with Gasteiger partial charge in [0.2, 0.25) is 0 Å². The molecule has 0 radical (unpaired) electrons. The summed E-state index contributed by atoms with van der Waals surface area (Å²) in [6, 6.07) is 0. The number of carbonyl (C=O) groups excluding carboxylic acids is 4. The first kappa shape index (κ1) is 103. The first-order chi connectivity index (χ1) is 50.9. The van der Waals surface area contributed by atoms with Crippen LogP contribution in [0.5, 0.6) is 0 Å². The van der Waals surface area contributed by atoms with E-state index in [-0.39, 0.29) is 25.7 Å². The summed E-state index contributed by atoms with van der Waals surface area (Å²) in [5, 5.41) is 10.7. The largest absolute Gasteiger partial charge is 0.472 e. The number of carbonyl (C=O) groups is 4. The van der Waals surface area contributed by atoms with Crippen LogP contribution in [-0.4, -0.2) is 96.7 Å². The normalized spacial score (nSPS) is 13.8. The number of phosphoric ester groups is 2. The van der Waals surface area contributed by atoms with Crippen molar-refractivity contribution < 1.29 is 80.2 Å². The van der Waals surface area contributed by atoms with Gasteiger partial charge in [-0.05, 0) is 37.5 Å². The van der Waals surface area contributed by atoms with Crippen LogP contribution in [0.2, 0.25) is 0 Å². The van der Waals surface area contributed by atoms with Crippen LogP contribution >= 0.6 is 15.6 Å². The number of hydrogen-bond acceptors (Lipinski definition) is 15. The van der Waals surface area contributed by atoms with Gasteiger partial charge < -0.3 is 33.8 Å². The lowest BCUT2D eigenvalue weighted by Gasteiger charge is -2.21. The van der Waals surface area contributed by atoms with E-state index in [1.165, 1.54) is 270 Å². The Balaban J connectivity index is 5.17. The maximum absolute atomic E-state index is 13.1. The predicted molar refractivity (Wildman–Crippen MR) is 432 cm³/mol. The number of ether oxygens (including phenoxy) is 4. The SMILES string of the molecule is CCCCCCCCCCCCCCCCCCCCCCCCC(=O)OC[C@H](COP(=O)(O)OC[C@@H](O)COP(=O)(O)OC[C@@H](COC(=O)CCCCCCCCCC(C)C)OC(=O)CCCCCCCCCCC(C)C)OC(=O)CCCCCCCCCCCCCCCCCCCCCCCC. The van der Waals surface area contributed by atoms with E-state index in [2.05, 4.69) is 41.5 Å². The molecule has 0 spiro atoms. The molecule has 0 saturated heterocycles. The van der Waals surface area contributed by atoms with Crippen molar-refractivity contribution in [3.63, 3.8) is 0 Å². The van der Waals surface area contributed by atoms with Gasteiger partial charge in [-0.3, -0.25) is 37.3 Å². The van der Waals surface area contributed by atoms with Crippen LogP contribution in [-0.2, 0) is 65.4 Å². The van der Waals surface area contributed by atoms with Crippen molar-refractivity contribution in [3.8, 4) is 0 Å². The zero-order chi connectivity index (χ0) is 77.1. The van der Waals surface area contributed by atoms with E-state index in [1.807, 2.05) is 0 Å². The van der Waals surface area contributed by atoms with Crippen molar-refractivity contribution >= 4 is 39.5 Å². The second-order valence-electron chi connectivity index (χ2n) is 31.9. The number of hydrogen-bond donors (Lipinski definition) is 3. The Bertz CT molecular complexity index is 2010. The molecule has 624 valence electrons. The van der Waals surface area contributed by atoms with Crippen LogP contribution in [0.25, 0.3) is 0 Å². The van der Waals surface area contributed by atoms with Gasteiger partial charge in [0.05, 0.1) is 26.4 Å². The summed E-state index contributed by atoms with van der Waals surface area (Å²) in [6.45, 7) is 9.55. The summed E-state index contributed by atoms with van der Waals surface area (Å²) in [7, 11) is -9.92. The average Bonchev–Trinajstić information content (AvgIpc) is 0.932. The Labute approximate surface area is 645 Å². The monoisotopic (exact) mass is 1540 g/mol. The second-order valence-corrected chi connectivity index (χ2v) is 34.8. The molecule has 5 atom stereocenters. The molecule has 0 aliphatic heterocycles. The van der Waals surface area contributed by atoms with Gasteiger partial charge in [-0.1, -0.05) is 408 Å². The highest BCUT2D eigenvalue weighted by molar-refractivity contribution is 7.47. The number of unbranched alkanes of at least 4 members (excludes halogenated alkanes) is 55. The summed E-state index contributed by atoms with van der Waals surface area (Å²) >= 11 is 0. The Hall–Kier alpha value is -1.94.